The fraction of sp³-hybridized carbons (Fsp3) is 0.333. The van der Waals surface area contributed by atoms with Crippen molar-refractivity contribution in [1.82, 2.24) is 0 Å². The van der Waals surface area contributed by atoms with Crippen molar-refractivity contribution in [3.8, 4) is 0 Å². The van der Waals surface area contributed by atoms with E-state index in [2.05, 4.69) is 44.3 Å². The van der Waals surface area contributed by atoms with Crippen LogP contribution in [0.4, 0.5) is 0 Å². The second-order valence-electron chi connectivity index (χ2n) is 2.61. The van der Waals surface area contributed by atoms with Gasteiger partial charge in [-0.05, 0) is 24.5 Å². The van der Waals surface area contributed by atoms with Crippen LogP contribution in [0.25, 0.3) is 0 Å². The van der Waals surface area contributed by atoms with Gasteiger partial charge in [0.25, 0.3) is 0 Å². The molecule has 0 aromatic heterocycles. The molecule has 0 saturated heterocycles. The van der Waals surface area contributed by atoms with E-state index in [9.17, 15) is 0 Å². The van der Waals surface area contributed by atoms with Crippen LogP contribution in [-0.4, -0.2) is 4.58 Å². The predicted octanol–water partition coefficient (Wildman–Crippen LogP) is 2.72. The molecule has 0 nitrogen and oxygen atoms in total. The second-order valence-corrected chi connectivity index (χ2v) is 4.27. The second kappa shape index (κ2) is 4.07. The highest BCUT2D eigenvalue weighted by atomic mass is 32.2. The smallest absolute Gasteiger partial charge is 0.0482 e. The van der Waals surface area contributed by atoms with Gasteiger partial charge in [0, 0.05) is 4.58 Å². The van der Waals surface area contributed by atoms with Crippen LogP contribution in [0.15, 0.2) is 24.3 Å². The molecule has 1 aromatic carbocycles. The van der Waals surface area contributed by atoms with Crippen LogP contribution in [0, 0.1) is 6.92 Å². The minimum atomic E-state index is 0.149. The summed E-state index contributed by atoms with van der Waals surface area (Å²) in [5, 5.41) is 0. The lowest BCUT2D eigenvalue weighted by Gasteiger charge is -2.06. The third kappa shape index (κ3) is 2.80. The van der Waals surface area contributed by atoms with Gasteiger partial charge in [-0.3, -0.25) is 0 Å². The van der Waals surface area contributed by atoms with E-state index in [1.807, 2.05) is 12.1 Å². The zero-order valence-electron chi connectivity index (χ0n) is 6.49. The summed E-state index contributed by atoms with van der Waals surface area (Å²) in [5.74, 6) is 0. The van der Waals surface area contributed by atoms with Crippen LogP contribution in [0.1, 0.15) is 11.1 Å². The van der Waals surface area contributed by atoms with E-state index in [0.29, 0.717) is 0 Å². The summed E-state index contributed by atoms with van der Waals surface area (Å²) in [6, 6.07) is 8.32. The maximum atomic E-state index is 4.22. The molecule has 0 N–H and O–H groups in total. The summed E-state index contributed by atoms with van der Waals surface area (Å²) in [6.45, 7) is 2.11. The minimum absolute atomic E-state index is 0.149. The normalized spacial score (nSPS) is 10.5. The Morgan fingerprint density at radius 2 is 1.91 bits per heavy atom. The van der Waals surface area contributed by atoms with Gasteiger partial charge in [-0.25, -0.2) is 0 Å². The van der Waals surface area contributed by atoms with Gasteiger partial charge in [0.05, 0.1) is 0 Å². The Balaban J connectivity index is 2.78. The van der Waals surface area contributed by atoms with Crippen LogP contribution >= 0.6 is 25.3 Å². The third-order valence-corrected chi connectivity index (χ3v) is 2.03. The number of thiol groups is 2. The summed E-state index contributed by atoms with van der Waals surface area (Å²) in [5.41, 5.74) is 2.66. The first-order valence-electron chi connectivity index (χ1n) is 3.61. The van der Waals surface area contributed by atoms with Gasteiger partial charge in [-0.15, -0.1) is 0 Å². The third-order valence-electron chi connectivity index (χ3n) is 1.66. The number of benzene rings is 1. The molecule has 0 bridgehead atoms. The Morgan fingerprint density at radius 1 is 1.27 bits per heavy atom. The highest BCUT2D eigenvalue weighted by molar-refractivity contribution is 7.99. The molecule has 0 fully saturated rings. The first kappa shape index (κ1) is 9.01. The van der Waals surface area contributed by atoms with Crippen molar-refractivity contribution in [3.63, 3.8) is 0 Å². The van der Waals surface area contributed by atoms with E-state index in [0.717, 1.165) is 6.42 Å². The average molecular weight is 184 g/mol. The molecule has 0 aliphatic heterocycles. The highest BCUT2D eigenvalue weighted by Crippen LogP contribution is 2.13. The monoisotopic (exact) mass is 184 g/mol. The number of aryl methyl sites for hydroxylation is 1. The summed E-state index contributed by atoms with van der Waals surface area (Å²) < 4.78 is 0.149. The molecule has 11 heavy (non-hydrogen) atoms. The maximum Gasteiger partial charge on any atom is 0.0482 e. The summed E-state index contributed by atoms with van der Waals surface area (Å²) in [4.78, 5) is 0. The van der Waals surface area contributed by atoms with Gasteiger partial charge in [0.2, 0.25) is 0 Å². The Hall–Kier alpha value is -0.0800. The Morgan fingerprint density at radius 3 is 2.45 bits per heavy atom. The van der Waals surface area contributed by atoms with Crippen molar-refractivity contribution in [2.75, 3.05) is 0 Å². The van der Waals surface area contributed by atoms with Crippen molar-refractivity contribution in [2.24, 2.45) is 0 Å². The van der Waals surface area contributed by atoms with Crippen LogP contribution in [0.3, 0.4) is 0 Å². The van der Waals surface area contributed by atoms with Gasteiger partial charge >= 0.3 is 0 Å². The van der Waals surface area contributed by atoms with Crippen molar-refractivity contribution < 1.29 is 0 Å². The van der Waals surface area contributed by atoms with Crippen molar-refractivity contribution in [3.05, 3.63) is 35.4 Å². The molecule has 0 amide bonds. The average Bonchev–Trinajstić information content (AvgIpc) is 1.93. The van der Waals surface area contributed by atoms with Gasteiger partial charge in [-0.1, -0.05) is 24.3 Å². The van der Waals surface area contributed by atoms with E-state index in [4.69, 9.17) is 0 Å². The molecule has 0 heterocycles. The van der Waals surface area contributed by atoms with E-state index >= 15 is 0 Å². The summed E-state index contributed by atoms with van der Waals surface area (Å²) >= 11 is 8.44. The largest absolute Gasteiger partial charge is 0.165 e. The maximum absolute atomic E-state index is 4.22. The highest BCUT2D eigenvalue weighted by Gasteiger charge is 2.00. The number of hydrogen-bond acceptors (Lipinski definition) is 2. The van der Waals surface area contributed by atoms with Crippen LogP contribution in [0.5, 0.6) is 0 Å². The Kier molecular flexibility index (Phi) is 3.34. The molecular formula is C9H12S2. The van der Waals surface area contributed by atoms with E-state index in [1.165, 1.54) is 11.1 Å². The van der Waals surface area contributed by atoms with Crippen molar-refractivity contribution in [1.29, 1.82) is 0 Å². The standard InChI is InChI=1S/C9H12S2/c1-7-4-2-3-5-8(7)6-9(10)11/h2-5,9-11H,6H2,1H3. The van der Waals surface area contributed by atoms with Gasteiger partial charge < -0.3 is 0 Å². The molecule has 0 aliphatic rings. The van der Waals surface area contributed by atoms with Crippen LogP contribution < -0.4 is 0 Å². The van der Waals surface area contributed by atoms with E-state index < -0.39 is 0 Å². The number of hydrogen-bond donors (Lipinski definition) is 2. The fourth-order valence-electron chi connectivity index (χ4n) is 1.04. The molecule has 0 spiro atoms. The molecule has 60 valence electrons. The Bertz CT molecular complexity index is 231. The SMILES string of the molecule is Cc1ccccc1CC(S)S. The molecule has 0 atom stereocenters. The molecular weight excluding hydrogens is 172 g/mol. The van der Waals surface area contributed by atoms with Crippen molar-refractivity contribution in [2.45, 2.75) is 17.9 Å². The van der Waals surface area contributed by atoms with Crippen LogP contribution in [-0.2, 0) is 6.42 Å². The molecule has 0 unspecified atom stereocenters. The van der Waals surface area contributed by atoms with Crippen molar-refractivity contribution >= 4 is 25.3 Å². The predicted molar refractivity (Wildman–Crippen MR) is 56.6 cm³/mol. The van der Waals surface area contributed by atoms with Gasteiger partial charge in [-0.2, -0.15) is 25.3 Å². The van der Waals surface area contributed by atoms with Gasteiger partial charge in [0.1, 0.15) is 0 Å². The minimum Gasteiger partial charge on any atom is -0.165 e. The molecule has 2 heteroatoms. The lowest BCUT2D eigenvalue weighted by Crippen LogP contribution is -1.96. The fourth-order valence-corrected chi connectivity index (χ4v) is 1.43. The zero-order chi connectivity index (χ0) is 8.27. The Labute approximate surface area is 78.8 Å². The van der Waals surface area contributed by atoms with E-state index in [-0.39, 0.29) is 4.58 Å². The lowest BCUT2D eigenvalue weighted by molar-refractivity contribution is 1.09. The topological polar surface area (TPSA) is 0 Å². The zero-order valence-corrected chi connectivity index (χ0v) is 8.28. The lowest BCUT2D eigenvalue weighted by atomic mass is 10.1. The number of rotatable bonds is 2. The van der Waals surface area contributed by atoms with E-state index in [1.54, 1.807) is 0 Å². The summed E-state index contributed by atoms with van der Waals surface area (Å²) in [7, 11) is 0. The quantitative estimate of drug-likeness (QED) is 0.512. The first-order valence-corrected chi connectivity index (χ1v) is 4.64. The molecule has 0 saturated carbocycles. The molecule has 1 aromatic rings. The molecule has 0 aliphatic carbocycles. The molecule has 1 rings (SSSR count). The first-order chi connectivity index (χ1) is 5.20. The van der Waals surface area contributed by atoms with Crippen LogP contribution in [0.2, 0.25) is 0 Å². The van der Waals surface area contributed by atoms with Gasteiger partial charge in [0.15, 0.2) is 0 Å². The summed E-state index contributed by atoms with van der Waals surface area (Å²) in [6.07, 6.45) is 0.929. The molecule has 0 radical (unpaired) electrons.